The van der Waals surface area contributed by atoms with Crippen molar-refractivity contribution < 1.29 is 22.7 Å². The molecule has 2 heterocycles. The van der Waals surface area contributed by atoms with E-state index in [0.29, 0.717) is 31.4 Å². The van der Waals surface area contributed by atoms with Crippen LogP contribution in [-0.4, -0.2) is 33.1 Å². The molecule has 2 aromatic rings. The Morgan fingerprint density at radius 1 is 1.24 bits per heavy atom. The van der Waals surface area contributed by atoms with Gasteiger partial charge < -0.3 is 15.0 Å². The number of ether oxygens (including phenoxy) is 1. The van der Waals surface area contributed by atoms with Gasteiger partial charge in [-0.2, -0.15) is 13.2 Å². The first-order valence-electron chi connectivity index (χ1n) is 8.89. The maximum absolute atomic E-state index is 12.8. The van der Waals surface area contributed by atoms with Gasteiger partial charge in [-0.3, -0.25) is 0 Å². The Kier molecular flexibility index (Phi) is 5.62. The third-order valence-corrected chi connectivity index (χ3v) is 4.46. The number of benzene rings is 1. The van der Waals surface area contributed by atoms with Crippen LogP contribution in [-0.2, 0) is 23.9 Å². The van der Waals surface area contributed by atoms with Crippen LogP contribution in [0.5, 0.6) is 0 Å². The maximum Gasteiger partial charge on any atom is 0.420 e. The summed E-state index contributed by atoms with van der Waals surface area (Å²) >= 11 is 5.63. The standard InChI is InChI=1S/C19H20ClF3N4O2/c1-18(2,3)29-17(28)27-7-6-11-8-13(5-4-12(11)10-27)25-16-24-9-14(15(20)26-16)19(21,22)23/h4-5,8-9H,6-7,10H2,1-3H3,(H,24,25,26). The molecule has 0 spiro atoms. The Morgan fingerprint density at radius 2 is 1.97 bits per heavy atom. The number of aromatic nitrogens is 2. The third kappa shape index (κ3) is 5.29. The van der Waals surface area contributed by atoms with Crippen molar-refractivity contribution in [1.82, 2.24) is 14.9 Å². The van der Waals surface area contributed by atoms with Gasteiger partial charge in [0.25, 0.3) is 0 Å². The number of carbonyl (C=O) groups is 1. The second-order valence-corrected chi connectivity index (χ2v) is 8.01. The van der Waals surface area contributed by atoms with Gasteiger partial charge in [-0.05, 0) is 50.5 Å². The van der Waals surface area contributed by atoms with Crippen molar-refractivity contribution in [3.63, 3.8) is 0 Å². The summed E-state index contributed by atoms with van der Waals surface area (Å²) in [5, 5.41) is 2.19. The molecule has 6 nitrogen and oxygen atoms in total. The van der Waals surface area contributed by atoms with E-state index in [1.807, 2.05) is 32.9 Å². The van der Waals surface area contributed by atoms with E-state index in [1.165, 1.54) is 0 Å². The molecular formula is C19H20ClF3N4O2. The van der Waals surface area contributed by atoms with Gasteiger partial charge in [0.2, 0.25) is 5.95 Å². The van der Waals surface area contributed by atoms with E-state index in [0.717, 1.165) is 11.1 Å². The van der Waals surface area contributed by atoms with E-state index in [-0.39, 0.29) is 12.0 Å². The minimum Gasteiger partial charge on any atom is -0.444 e. The molecule has 0 atom stereocenters. The summed E-state index contributed by atoms with van der Waals surface area (Å²) in [4.78, 5) is 21.2. The van der Waals surface area contributed by atoms with Crippen LogP contribution in [0.25, 0.3) is 0 Å². The molecule has 0 saturated heterocycles. The number of anilines is 2. The number of nitrogens with zero attached hydrogens (tertiary/aromatic N) is 3. The molecule has 0 radical (unpaired) electrons. The van der Waals surface area contributed by atoms with Gasteiger partial charge >= 0.3 is 12.3 Å². The van der Waals surface area contributed by atoms with Crippen molar-refractivity contribution in [2.45, 2.75) is 45.5 Å². The minimum atomic E-state index is -4.61. The molecule has 0 saturated carbocycles. The van der Waals surface area contributed by atoms with Crippen LogP contribution in [0.2, 0.25) is 5.15 Å². The van der Waals surface area contributed by atoms with Gasteiger partial charge in [0.05, 0.1) is 0 Å². The first-order chi connectivity index (χ1) is 13.4. The highest BCUT2D eigenvalue weighted by molar-refractivity contribution is 6.30. The molecule has 3 rings (SSSR count). The second-order valence-electron chi connectivity index (χ2n) is 7.66. The lowest BCUT2D eigenvalue weighted by Crippen LogP contribution is -2.39. The monoisotopic (exact) mass is 428 g/mol. The van der Waals surface area contributed by atoms with Crippen LogP contribution in [0, 0.1) is 0 Å². The number of halogens is 4. The molecule has 10 heteroatoms. The van der Waals surface area contributed by atoms with Gasteiger partial charge in [-0.15, -0.1) is 0 Å². The molecule has 1 aliphatic rings. The summed E-state index contributed by atoms with van der Waals surface area (Å²) in [7, 11) is 0. The van der Waals surface area contributed by atoms with Crippen LogP contribution in [0.4, 0.5) is 29.6 Å². The van der Waals surface area contributed by atoms with Gasteiger partial charge in [0.1, 0.15) is 16.3 Å². The second kappa shape index (κ2) is 7.70. The highest BCUT2D eigenvalue weighted by atomic mass is 35.5. The quantitative estimate of drug-likeness (QED) is 0.667. The number of hydrogen-bond acceptors (Lipinski definition) is 5. The van der Waals surface area contributed by atoms with E-state index in [9.17, 15) is 18.0 Å². The molecule has 0 aliphatic carbocycles. The number of carbonyl (C=O) groups excluding carboxylic acids is 1. The molecule has 1 aromatic carbocycles. The topological polar surface area (TPSA) is 67.3 Å². The fourth-order valence-corrected chi connectivity index (χ4v) is 3.09. The lowest BCUT2D eigenvalue weighted by molar-refractivity contribution is -0.137. The normalized spacial score (nSPS) is 14.4. The minimum absolute atomic E-state index is 0.0332. The van der Waals surface area contributed by atoms with Crippen LogP contribution < -0.4 is 5.32 Å². The predicted octanol–water partition coefficient (Wildman–Crippen LogP) is 5.19. The predicted molar refractivity (Wildman–Crippen MR) is 102 cm³/mol. The van der Waals surface area contributed by atoms with E-state index in [1.54, 1.807) is 11.0 Å². The molecule has 1 aliphatic heterocycles. The molecule has 0 fully saturated rings. The van der Waals surface area contributed by atoms with E-state index in [2.05, 4.69) is 15.3 Å². The van der Waals surface area contributed by atoms with Crippen LogP contribution in [0.3, 0.4) is 0 Å². The Morgan fingerprint density at radius 3 is 2.59 bits per heavy atom. The number of rotatable bonds is 2. The highest BCUT2D eigenvalue weighted by Crippen LogP contribution is 2.34. The van der Waals surface area contributed by atoms with E-state index < -0.39 is 22.5 Å². The van der Waals surface area contributed by atoms with Crippen molar-refractivity contribution in [3.8, 4) is 0 Å². The number of hydrogen-bond donors (Lipinski definition) is 1. The molecule has 29 heavy (non-hydrogen) atoms. The zero-order valence-electron chi connectivity index (χ0n) is 16.1. The fraction of sp³-hybridized carbons (Fsp3) is 0.421. The third-order valence-electron chi connectivity index (χ3n) is 4.17. The van der Waals surface area contributed by atoms with Gasteiger partial charge in [0.15, 0.2) is 0 Å². The van der Waals surface area contributed by atoms with Gasteiger partial charge in [-0.25, -0.2) is 14.8 Å². The first kappa shape index (κ1) is 21.2. The maximum atomic E-state index is 12.8. The molecule has 0 unspecified atom stereocenters. The number of fused-ring (bicyclic) bond motifs is 1. The summed E-state index contributed by atoms with van der Waals surface area (Å²) in [6, 6.07) is 5.45. The molecule has 1 N–H and O–H groups in total. The molecule has 156 valence electrons. The zero-order chi connectivity index (χ0) is 21.4. The number of nitrogens with one attached hydrogen (secondary N) is 1. The largest absolute Gasteiger partial charge is 0.444 e. The Labute approximate surface area is 171 Å². The SMILES string of the molecule is CC(C)(C)OC(=O)N1CCc2cc(Nc3ncc(C(F)(F)F)c(Cl)n3)ccc2C1. The van der Waals surface area contributed by atoms with Gasteiger partial charge in [0, 0.05) is 25.0 Å². The lowest BCUT2D eigenvalue weighted by atomic mass is 9.99. The molecule has 1 amide bonds. The van der Waals surface area contributed by atoms with Crippen LogP contribution in [0.15, 0.2) is 24.4 Å². The van der Waals surface area contributed by atoms with Crippen molar-refractivity contribution >= 4 is 29.3 Å². The average molecular weight is 429 g/mol. The lowest BCUT2D eigenvalue weighted by Gasteiger charge is -2.31. The summed E-state index contributed by atoms with van der Waals surface area (Å²) in [6.07, 6.45) is -3.70. The Balaban J connectivity index is 1.71. The Bertz CT molecular complexity index is 929. The van der Waals surface area contributed by atoms with E-state index >= 15 is 0 Å². The Hall–Kier alpha value is -2.55. The van der Waals surface area contributed by atoms with Crippen molar-refractivity contribution in [3.05, 3.63) is 46.2 Å². The molecule has 0 bridgehead atoms. The smallest absolute Gasteiger partial charge is 0.420 e. The summed E-state index contributed by atoms with van der Waals surface area (Å²) in [5.74, 6) is -0.0332. The fourth-order valence-electron chi connectivity index (χ4n) is 2.85. The molecular weight excluding hydrogens is 409 g/mol. The van der Waals surface area contributed by atoms with E-state index in [4.69, 9.17) is 16.3 Å². The van der Waals surface area contributed by atoms with Crippen molar-refractivity contribution in [2.24, 2.45) is 0 Å². The average Bonchev–Trinajstić information content (AvgIpc) is 2.58. The summed E-state index contributed by atoms with van der Waals surface area (Å²) in [6.45, 7) is 6.38. The number of alkyl halides is 3. The summed E-state index contributed by atoms with van der Waals surface area (Å²) in [5.41, 5.74) is 0.961. The zero-order valence-corrected chi connectivity index (χ0v) is 16.9. The van der Waals surface area contributed by atoms with Crippen LogP contribution in [0.1, 0.15) is 37.5 Å². The highest BCUT2D eigenvalue weighted by Gasteiger charge is 2.34. The molecule has 1 aromatic heterocycles. The van der Waals surface area contributed by atoms with Crippen molar-refractivity contribution in [1.29, 1.82) is 0 Å². The van der Waals surface area contributed by atoms with Crippen molar-refractivity contribution in [2.75, 3.05) is 11.9 Å². The first-order valence-corrected chi connectivity index (χ1v) is 9.27. The summed E-state index contributed by atoms with van der Waals surface area (Å²) < 4.78 is 43.7. The van der Waals surface area contributed by atoms with Crippen LogP contribution >= 0.6 is 11.6 Å². The number of amides is 1. The van der Waals surface area contributed by atoms with Gasteiger partial charge in [-0.1, -0.05) is 17.7 Å².